The minimum atomic E-state index is -0.763. The first-order valence-electron chi connectivity index (χ1n) is 6.10. The van der Waals surface area contributed by atoms with Gasteiger partial charge in [-0.25, -0.2) is 0 Å². The molecule has 0 aliphatic rings. The lowest BCUT2D eigenvalue weighted by molar-refractivity contribution is -0.117. The van der Waals surface area contributed by atoms with E-state index in [-0.39, 0.29) is 11.7 Å². The molecule has 0 aromatic heterocycles. The van der Waals surface area contributed by atoms with Gasteiger partial charge in [-0.3, -0.25) is 4.79 Å². The Labute approximate surface area is 117 Å². The Morgan fingerprint density at radius 1 is 1.25 bits per heavy atom. The maximum absolute atomic E-state index is 12.0. The normalized spacial score (nSPS) is 11.7. The van der Waals surface area contributed by atoms with Gasteiger partial charge in [0.15, 0.2) is 11.5 Å². The molecule has 5 nitrogen and oxygen atoms in total. The maximum Gasteiger partial charge on any atom is 0.245 e. The van der Waals surface area contributed by atoms with Crippen LogP contribution >= 0.6 is 0 Å². The monoisotopic (exact) mass is 272 g/mol. The number of rotatable bonds is 4. The summed E-state index contributed by atoms with van der Waals surface area (Å²) in [6.07, 6.45) is 0. The fourth-order valence-corrected chi connectivity index (χ4v) is 1.80. The summed E-state index contributed by atoms with van der Waals surface area (Å²) in [5, 5.41) is 12.3. The van der Waals surface area contributed by atoms with Crippen molar-refractivity contribution < 1.29 is 14.6 Å². The molecule has 2 aromatic carbocycles. The van der Waals surface area contributed by atoms with Gasteiger partial charge >= 0.3 is 0 Å². The molecule has 0 saturated heterocycles. The third kappa shape index (κ3) is 3.07. The first-order valence-corrected chi connectivity index (χ1v) is 6.10. The van der Waals surface area contributed by atoms with Crippen LogP contribution in [-0.4, -0.2) is 18.1 Å². The van der Waals surface area contributed by atoms with Gasteiger partial charge in [-0.2, -0.15) is 0 Å². The topological polar surface area (TPSA) is 84.6 Å². The Morgan fingerprint density at radius 2 is 1.95 bits per heavy atom. The summed E-state index contributed by atoms with van der Waals surface area (Å²) in [6.45, 7) is 0. The number of anilines is 1. The van der Waals surface area contributed by atoms with Crippen LogP contribution < -0.4 is 15.8 Å². The molecule has 2 aromatic rings. The fourth-order valence-electron chi connectivity index (χ4n) is 1.80. The van der Waals surface area contributed by atoms with Crippen molar-refractivity contribution in [2.75, 3.05) is 12.4 Å². The van der Waals surface area contributed by atoms with Gasteiger partial charge in [0, 0.05) is 11.8 Å². The number of hydrogen-bond donors (Lipinski definition) is 3. The third-order valence-corrected chi connectivity index (χ3v) is 2.89. The largest absolute Gasteiger partial charge is 0.504 e. The van der Waals surface area contributed by atoms with Crippen LogP contribution in [0.2, 0.25) is 0 Å². The van der Waals surface area contributed by atoms with E-state index in [1.54, 1.807) is 24.3 Å². The maximum atomic E-state index is 12.0. The van der Waals surface area contributed by atoms with Gasteiger partial charge in [0.1, 0.15) is 6.04 Å². The number of phenolic OH excluding ortho intramolecular Hbond substituents is 1. The van der Waals surface area contributed by atoms with Crippen LogP contribution in [0.25, 0.3) is 0 Å². The molecule has 5 heteroatoms. The van der Waals surface area contributed by atoms with Crippen molar-refractivity contribution in [2.45, 2.75) is 6.04 Å². The summed E-state index contributed by atoms with van der Waals surface area (Å²) in [5.74, 6) is -0.0466. The summed E-state index contributed by atoms with van der Waals surface area (Å²) >= 11 is 0. The molecule has 4 N–H and O–H groups in total. The Bertz CT molecular complexity index is 599. The average Bonchev–Trinajstić information content (AvgIpc) is 2.47. The van der Waals surface area contributed by atoms with Crippen LogP contribution in [0.3, 0.4) is 0 Å². The first kappa shape index (κ1) is 13.9. The van der Waals surface area contributed by atoms with E-state index in [0.717, 1.165) is 5.56 Å². The Kier molecular flexibility index (Phi) is 4.22. The predicted molar refractivity (Wildman–Crippen MR) is 76.7 cm³/mol. The van der Waals surface area contributed by atoms with Gasteiger partial charge in [-0.1, -0.05) is 30.3 Å². The number of benzene rings is 2. The molecule has 0 heterocycles. The second kappa shape index (κ2) is 6.08. The molecule has 0 aliphatic heterocycles. The second-order valence-corrected chi connectivity index (χ2v) is 4.26. The lowest BCUT2D eigenvalue weighted by atomic mass is 10.1. The lowest BCUT2D eigenvalue weighted by Gasteiger charge is -2.13. The Morgan fingerprint density at radius 3 is 2.55 bits per heavy atom. The second-order valence-electron chi connectivity index (χ2n) is 4.26. The number of ether oxygens (including phenoxy) is 1. The third-order valence-electron chi connectivity index (χ3n) is 2.89. The molecule has 0 fully saturated rings. The molecule has 104 valence electrons. The Balaban J connectivity index is 2.10. The molecule has 0 spiro atoms. The zero-order valence-electron chi connectivity index (χ0n) is 11.0. The molecule has 0 saturated carbocycles. The van der Waals surface area contributed by atoms with E-state index in [9.17, 15) is 9.90 Å². The van der Waals surface area contributed by atoms with Gasteiger partial charge < -0.3 is 20.9 Å². The Hall–Kier alpha value is -2.53. The van der Waals surface area contributed by atoms with Crippen molar-refractivity contribution in [3.8, 4) is 11.5 Å². The van der Waals surface area contributed by atoms with E-state index in [2.05, 4.69) is 5.32 Å². The van der Waals surface area contributed by atoms with Gasteiger partial charge in [0.25, 0.3) is 0 Å². The number of nitrogens with one attached hydrogen (secondary N) is 1. The standard InChI is InChI=1S/C15H16N2O3/c1-20-13-8-7-11(9-12(13)18)17-15(19)14(16)10-5-3-2-4-6-10/h2-9,14,18H,16H2,1H3,(H,17,19)/t14-/m0/s1. The van der Waals surface area contributed by atoms with E-state index in [0.29, 0.717) is 11.4 Å². The molecule has 0 aliphatic carbocycles. The number of amides is 1. The molecular weight excluding hydrogens is 256 g/mol. The SMILES string of the molecule is COc1ccc(NC(=O)[C@@H](N)c2ccccc2)cc1O. The number of nitrogens with two attached hydrogens (primary N) is 1. The van der Waals surface area contributed by atoms with Crippen LogP contribution in [0.15, 0.2) is 48.5 Å². The van der Waals surface area contributed by atoms with Crippen molar-refractivity contribution in [2.24, 2.45) is 5.73 Å². The molecule has 20 heavy (non-hydrogen) atoms. The number of methoxy groups -OCH3 is 1. The quantitative estimate of drug-likeness (QED) is 0.795. The van der Waals surface area contributed by atoms with Gasteiger partial charge in [0.05, 0.1) is 7.11 Å². The van der Waals surface area contributed by atoms with E-state index in [1.807, 2.05) is 18.2 Å². The number of carbonyl (C=O) groups is 1. The van der Waals surface area contributed by atoms with Crippen LogP contribution in [0.5, 0.6) is 11.5 Å². The number of carbonyl (C=O) groups excluding carboxylic acids is 1. The van der Waals surface area contributed by atoms with Crippen molar-refractivity contribution in [3.05, 3.63) is 54.1 Å². The molecule has 0 radical (unpaired) electrons. The van der Waals surface area contributed by atoms with Crippen molar-refractivity contribution in [3.63, 3.8) is 0 Å². The van der Waals surface area contributed by atoms with Crippen LogP contribution in [0.4, 0.5) is 5.69 Å². The summed E-state index contributed by atoms with van der Waals surface area (Å²) in [6, 6.07) is 12.9. The zero-order valence-corrected chi connectivity index (χ0v) is 11.0. The molecular formula is C15H16N2O3. The van der Waals surface area contributed by atoms with Crippen LogP contribution in [0.1, 0.15) is 11.6 Å². The first-order chi connectivity index (χ1) is 9.61. The van der Waals surface area contributed by atoms with E-state index >= 15 is 0 Å². The highest BCUT2D eigenvalue weighted by Crippen LogP contribution is 2.28. The van der Waals surface area contributed by atoms with Crippen molar-refractivity contribution in [1.29, 1.82) is 0 Å². The molecule has 0 unspecified atom stereocenters. The van der Waals surface area contributed by atoms with E-state index < -0.39 is 6.04 Å². The number of phenols is 1. The van der Waals surface area contributed by atoms with Crippen LogP contribution in [-0.2, 0) is 4.79 Å². The van der Waals surface area contributed by atoms with Crippen LogP contribution in [0, 0.1) is 0 Å². The smallest absolute Gasteiger partial charge is 0.245 e. The highest BCUT2D eigenvalue weighted by Gasteiger charge is 2.16. The number of hydrogen-bond acceptors (Lipinski definition) is 4. The molecule has 0 bridgehead atoms. The van der Waals surface area contributed by atoms with Gasteiger partial charge in [-0.05, 0) is 17.7 Å². The average molecular weight is 272 g/mol. The predicted octanol–water partition coefficient (Wildman–Crippen LogP) is 2.04. The molecule has 1 amide bonds. The van der Waals surface area contributed by atoms with Gasteiger partial charge in [0.2, 0.25) is 5.91 Å². The van der Waals surface area contributed by atoms with Crippen molar-refractivity contribution >= 4 is 11.6 Å². The lowest BCUT2D eigenvalue weighted by Crippen LogP contribution is -2.27. The fraction of sp³-hybridized carbons (Fsp3) is 0.133. The highest BCUT2D eigenvalue weighted by atomic mass is 16.5. The van der Waals surface area contributed by atoms with E-state index in [1.165, 1.54) is 13.2 Å². The van der Waals surface area contributed by atoms with E-state index in [4.69, 9.17) is 10.5 Å². The molecule has 1 atom stereocenters. The summed E-state index contributed by atoms with van der Waals surface area (Å²) in [5.41, 5.74) is 7.06. The summed E-state index contributed by atoms with van der Waals surface area (Å²) in [4.78, 5) is 12.0. The minimum Gasteiger partial charge on any atom is -0.504 e. The van der Waals surface area contributed by atoms with Crippen molar-refractivity contribution in [1.82, 2.24) is 0 Å². The molecule has 2 rings (SSSR count). The summed E-state index contributed by atoms with van der Waals surface area (Å²) < 4.78 is 4.93. The zero-order chi connectivity index (χ0) is 14.5. The summed E-state index contributed by atoms with van der Waals surface area (Å²) in [7, 11) is 1.46. The number of aromatic hydroxyl groups is 1. The highest BCUT2D eigenvalue weighted by molar-refractivity contribution is 5.95. The van der Waals surface area contributed by atoms with Gasteiger partial charge in [-0.15, -0.1) is 0 Å². The minimum absolute atomic E-state index is 0.0430.